The third-order valence-corrected chi connectivity index (χ3v) is 1.59. The zero-order valence-electron chi connectivity index (χ0n) is 9.34. The second-order valence-electron chi connectivity index (χ2n) is 3.42. The number of methoxy groups -OCH3 is 1. The van der Waals surface area contributed by atoms with Crippen LogP contribution in [0.4, 0.5) is 0 Å². The van der Waals surface area contributed by atoms with Gasteiger partial charge in [0.15, 0.2) is 0 Å². The maximum absolute atomic E-state index is 11.0. The Morgan fingerprint density at radius 2 is 2.07 bits per heavy atom. The minimum Gasteiger partial charge on any atom is -0.462 e. The summed E-state index contributed by atoms with van der Waals surface area (Å²) in [5, 5.41) is 3.02. The van der Waals surface area contributed by atoms with Gasteiger partial charge in [0.25, 0.3) is 0 Å². The van der Waals surface area contributed by atoms with E-state index in [9.17, 15) is 4.79 Å². The maximum atomic E-state index is 11.0. The molecule has 0 bridgehead atoms. The number of ether oxygens (including phenoxy) is 2. The summed E-state index contributed by atoms with van der Waals surface area (Å²) >= 11 is 0. The highest BCUT2D eigenvalue weighted by molar-refractivity contribution is 5.71. The highest BCUT2D eigenvalue weighted by Crippen LogP contribution is 1.89. The fourth-order valence-electron chi connectivity index (χ4n) is 0.991. The standard InChI is InChI=1S/C10H21NO3/c1-9(2)14-10(12)8-11-6-4-5-7-13-3/h9,11H,4-8H2,1-3H3. The van der Waals surface area contributed by atoms with Crippen LogP contribution < -0.4 is 5.32 Å². The van der Waals surface area contributed by atoms with Gasteiger partial charge in [-0.3, -0.25) is 4.79 Å². The Morgan fingerprint density at radius 3 is 2.64 bits per heavy atom. The Labute approximate surface area is 86.0 Å². The molecular formula is C10H21NO3. The van der Waals surface area contributed by atoms with Gasteiger partial charge in [-0.05, 0) is 33.2 Å². The summed E-state index contributed by atoms with van der Waals surface area (Å²) in [7, 11) is 1.69. The first-order valence-corrected chi connectivity index (χ1v) is 5.06. The van der Waals surface area contributed by atoms with Crippen molar-refractivity contribution in [1.29, 1.82) is 0 Å². The predicted molar refractivity (Wildman–Crippen MR) is 55.2 cm³/mol. The van der Waals surface area contributed by atoms with E-state index in [4.69, 9.17) is 9.47 Å². The van der Waals surface area contributed by atoms with Crippen LogP contribution in [-0.4, -0.2) is 38.9 Å². The van der Waals surface area contributed by atoms with Crippen LogP contribution in [0, 0.1) is 0 Å². The fourth-order valence-corrected chi connectivity index (χ4v) is 0.991. The number of hydrogen-bond donors (Lipinski definition) is 1. The molecule has 0 aromatic rings. The molecule has 0 atom stereocenters. The van der Waals surface area contributed by atoms with E-state index >= 15 is 0 Å². The number of carbonyl (C=O) groups is 1. The van der Waals surface area contributed by atoms with Crippen LogP contribution in [0.3, 0.4) is 0 Å². The lowest BCUT2D eigenvalue weighted by atomic mass is 10.3. The second kappa shape index (κ2) is 8.97. The van der Waals surface area contributed by atoms with Gasteiger partial charge in [-0.2, -0.15) is 0 Å². The Balaban J connectivity index is 3.15. The highest BCUT2D eigenvalue weighted by atomic mass is 16.5. The largest absolute Gasteiger partial charge is 0.462 e. The smallest absolute Gasteiger partial charge is 0.320 e. The summed E-state index contributed by atoms with van der Waals surface area (Å²) in [6, 6.07) is 0. The number of esters is 1. The van der Waals surface area contributed by atoms with E-state index in [0.29, 0.717) is 6.54 Å². The molecule has 0 fully saturated rings. The molecule has 0 rings (SSSR count). The van der Waals surface area contributed by atoms with E-state index in [2.05, 4.69) is 5.32 Å². The van der Waals surface area contributed by atoms with Gasteiger partial charge in [0, 0.05) is 13.7 Å². The van der Waals surface area contributed by atoms with Gasteiger partial charge >= 0.3 is 5.97 Å². The fraction of sp³-hybridized carbons (Fsp3) is 0.900. The van der Waals surface area contributed by atoms with Crippen LogP contribution in [0.15, 0.2) is 0 Å². The van der Waals surface area contributed by atoms with E-state index in [-0.39, 0.29) is 12.1 Å². The average molecular weight is 203 g/mol. The third kappa shape index (κ3) is 9.48. The van der Waals surface area contributed by atoms with Crippen molar-refractivity contribution < 1.29 is 14.3 Å². The van der Waals surface area contributed by atoms with Crippen molar-refractivity contribution in [2.24, 2.45) is 0 Å². The lowest BCUT2D eigenvalue weighted by Crippen LogP contribution is -2.27. The molecule has 0 aromatic carbocycles. The van der Waals surface area contributed by atoms with Gasteiger partial charge < -0.3 is 14.8 Å². The number of nitrogens with one attached hydrogen (secondary N) is 1. The van der Waals surface area contributed by atoms with Gasteiger partial charge in [-0.25, -0.2) is 0 Å². The highest BCUT2D eigenvalue weighted by Gasteiger charge is 2.03. The molecule has 14 heavy (non-hydrogen) atoms. The van der Waals surface area contributed by atoms with Crippen LogP contribution in [0.1, 0.15) is 26.7 Å². The Bertz CT molecular complexity index is 148. The topological polar surface area (TPSA) is 47.6 Å². The summed E-state index contributed by atoms with van der Waals surface area (Å²) in [6.07, 6.45) is 2.00. The molecule has 4 heteroatoms. The monoisotopic (exact) mass is 203 g/mol. The number of carbonyl (C=O) groups excluding carboxylic acids is 1. The van der Waals surface area contributed by atoms with Crippen molar-refractivity contribution in [1.82, 2.24) is 5.32 Å². The summed E-state index contributed by atoms with van der Waals surface area (Å²) in [6.45, 7) is 5.59. The second-order valence-corrected chi connectivity index (χ2v) is 3.42. The van der Waals surface area contributed by atoms with Crippen molar-refractivity contribution in [2.45, 2.75) is 32.8 Å². The van der Waals surface area contributed by atoms with Crippen LogP contribution in [-0.2, 0) is 14.3 Å². The molecule has 0 saturated carbocycles. The molecule has 84 valence electrons. The molecule has 0 aromatic heterocycles. The molecule has 0 heterocycles. The number of unbranched alkanes of at least 4 members (excludes halogenated alkanes) is 1. The maximum Gasteiger partial charge on any atom is 0.320 e. The van der Waals surface area contributed by atoms with E-state index in [1.165, 1.54) is 0 Å². The zero-order chi connectivity index (χ0) is 10.8. The zero-order valence-corrected chi connectivity index (χ0v) is 9.34. The minimum absolute atomic E-state index is 0.0298. The lowest BCUT2D eigenvalue weighted by molar-refractivity contribution is -0.146. The molecule has 0 amide bonds. The molecular weight excluding hydrogens is 182 g/mol. The minimum atomic E-state index is -0.188. The van der Waals surface area contributed by atoms with Gasteiger partial charge in [0.05, 0.1) is 12.6 Å². The molecule has 0 saturated heterocycles. The van der Waals surface area contributed by atoms with Gasteiger partial charge in [-0.1, -0.05) is 0 Å². The Hall–Kier alpha value is -0.610. The molecule has 0 aliphatic carbocycles. The first-order chi connectivity index (χ1) is 6.66. The molecule has 0 radical (unpaired) electrons. The van der Waals surface area contributed by atoms with Gasteiger partial charge in [0.2, 0.25) is 0 Å². The third-order valence-electron chi connectivity index (χ3n) is 1.59. The molecule has 4 nitrogen and oxygen atoms in total. The summed E-state index contributed by atoms with van der Waals surface area (Å²) in [5.41, 5.74) is 0. The van der Waals surface area contributed by atoms with Crippen molar-refractivity contribution in [3.05, 3.63) is 0 Å². The summed E-state index contributed by atoms with van der Waals surface area (Å²) in [5.74, 6) is -0.188. The molecule has 0 aliphatic heterocycles. The molecule has 0 spiro atoms. The summed E-state index contributed by atoms with van der Waals surface area (Å²) in [4.78, 5) is 11.0. The SMILES string of the molecule is COCCCCNCC(=O)OC(C)C. The number of rotatable bonds is 8. The summed E-state index contributed by atoms with van der Waals surface area (Å²) < 4.78 is 9.85. The molecule has 0 aliphatic rings. The van der Waals surface area contributed by atoms with Crippen molar-refractivity contribution >= 4 is 5.97 Å². The van der Waals surface area contributed by atoms with Crippen LogP contribution in [0.25, 0.3) is 0 Å². The van der Waals surface area contributed by atoms with Crippen LogP contribution in [0.2, 0.25) is 0 Å². The number of hydrogen-bond acceptors (Lipinski definition) is 4. The Kier molecular flexibility index (Phi) is 8.57. The van der Waals surface area contributed by atoms with E-state index in [0.717, 1.165) is 26.0 Å². The lowest BCUT2D eigenvalue weighted by Gasteiger charge is -2.08. The molecule has 1 N–H and O–H groups in total. The van der Waals surface area contributed by atoms with Crippen molar-refractivity contribution in [3.8, 4) is 0 Å². The van der Waals surface area contributed by atoms with Gasteiger partial charge in [0.1, 0.15) is 0 Å². The van der Waals surface area contributed by atoms with Crippen LogP contribution >= 0.6 is 0 Å². The quantitative estimate of drug-likeness (QED) is 0.471. The molecule has 0 unspecified atom stereocenters. The first kappa shape index (κ1) is 13.4. The van der Waals surface area contributed by atoms with Crippen molar-refractivity contribution in [3.63, 3.8) is 0 Å². The van der Waals surface area contributed by atoms with Crippen LogP contribution in [0.5, 0.6) is 0 Å². The first-order valence-electron chi connectivity index (χ1n) is 5.06. The van der Waals surface area contributed by atoms with Crippen molar-refractivity contribution in [2.75, 3.05) is 26.8 Å². The van der Waals surface area contributed by atoms with Gasteiger partial charge in [-0.15, -0.1) is 0 Å². The normalized spacial score (nSPS) is 10.6. The predicted octanol–water partition coefficient (Wildman–Crippen LogP) is 0.954. The van der Waals surface area contributed by atoms with E-state index < -0.39 is 0 Å². The van der Waals surface area contributed by atoms with E-state index in [1.54, 1.807) is 7.11 Å². The Morgan fingerprint density at radius 1 is 1.36 bits per heavy atom. The average Bonchev–Trinajstić information content (AvgIpc) is 2.10. The van der Waals surface area contributed by atoms with E-state index in [1.807, 2.05) is 13.8 Å².